The number of carbonyl (C=O) groups excluding carboxylic acids is 3. The summed E-state index contributed by atoms with van der Waals surface area (Å²) in [6.45, 7) is 2.99. The first-order valence-electron chi connectivity index (χ1n) is 12.4. The van der Waals surface area contributed by atoms with Gasteiger partial charge in [0.15, 0.2) is 5.75 Å². The maximum absolute atomic E-state index is 13.3. The molecule has 3 aromatic rings. The van der Waals surface area contributed by atoms with E-state index in [2.05, 4.69) is 10.3 Å². The number of phenols is 1. The third-order valence-corrected chi connectivity index (χ3v) is 6.54. The number of hydrogen-bond donors (Lipinski definition) is 2. The summed E-state index contributed by atoms with van der Waals surface area (Å²) < 4.78 is 23.9. The lowest BCUT2D eigenvalue weighted by molar-refractivity contribution is -0.130. The van der Waals surface area contributed by atoms with Crippen LogP contribution >= 0.6 is 0 Å². The third-order valence-electron chi connectivity index (χ3n) is 6.54. The van der Waals surface area contributed by atoms with Crippen LogP contribution in [0.3, 0.4) is 0 Å². The number of halogens is 1. The molecule has 0 spiro atoms. The van der Waals surface area contributed by atoms with Crippen LogP contribution in [0.4, 0.5) is 4.39 Å². The van der Waals surface area contributed by atoms with Gasteiger partial charge >= 0.3 is 5.97 Å². The molecule has 0 atom stereocenters. The second-order valence-electron chi connectivity index (χ2n) is 9.22. The Morgan fingerprint density at radius 1 is 1.11 bits per heavy atom. The van der Waals surface area contributed by atoms with E-state index in [1.54, 1.807) is 29.3 Å². The minimum atomic E-state index is -0.770. The number of phenolic OH excluding ortho intramolecular Hbond substituents is 1. The van der Waals surface area contributed by atoms with Gasteiger partial charge in [-0.3, -0.25) is 14.6 Å². The Hall–Kier alpha value is -4.05. The predicted octanol–water partition coefficient (Wildman–Crippen LogP) is 3.21. The smallest absolute Gasteiger partial charge is 0.342 e. The van der Waals surface area contributed by atoms with Gasteiger partial charge in [0, 0.05) is 63.7 Å². The molecule has 1 aromatic heterocycles. The molecule has 0 saturated carbocycles. The predicted molar refractivity (Wildman–Crippen MR) is 138 cm³/mol. The maximum atomic E-state index is 13.3. The highest BCUT2D eigenvalue weighted by Crippen LogP contribution is 2.32. The number of likely N-dealkylation sites (tertiary alicyclic amines) is 1. The second-order valence-corrected chi connectivity index (χ2v) is 9.22. The van der Waals surface area contributed by atoms with E-state index < -0.39 is 18.0 Å². The van der Waals surface area contributed by atoms with Crippen molar-refractivity contribution in [2.75, 3.05) is 33.4 Å². The summed E-state index contributed by atoms with van der Waals surface area (Å²) in [5.41, 5.74) is 1.66. The van der Waals surface area contributed by atoms with E-state index in [0.717, 1.165) is 11.1 Å². The highest BCUT2D eigenvalue weighted by Gasteiger charge is 2.27. The molecular weight excluding hydrogens is 493 g/mol. The number of rotatable bonds is 8. The fraction of sp³-hybridized carbons (Fsp3) is 0.357. The number of hydrogen-bond acceptors (Lipinski definition) is 7. The molecule has 1 aliphatic rings. The number of piperidine rings is 1. The average Bonchev–Trinajstić information content (AvgIpc) is 2.90. The first-order valence-corrected chi connectivity index (χ1v) is 12.4. The van der Waals surface area contributed by atoms with Gasteiger partial charge < -0.3 is 24.8 Å². The first kappa shape index (κ1) is 27.0. The Labute approximate surface area is 219 Å². The fourth-order valence-corrected chi connectivity index (χ4v) is 4.46. The van der Waals surface area contributed by atoms with Crippen molar-refractivity contribution in [3.05, 3.63) is 70.7 Å². The van der Waals surface area contributed by atoms with Crippen molar-refractivity contribution in [1.82, 2.24) is 15.2 Å². The maximum Gasteiger partial charge on any atom is 0.342 e. The van der Waals surface area contributed by atoms with E-state index in [1.807, 2.05) is 0 Å². The molecule has 1 fully saturated rings. The molecule has 0 aliphatic carbocycles. The summed E-state index contributed by atoms with van der Waals surface area (Å²) in [5.74, 6) is -1.98. The van der Waals surface area contributed by atoms with Crippen molar-refractivity contribution in [3.63, 3.8) is 0 Å². The number of aromatic hydroxyl groups is 1. The van der Waals surface area contributed by atoms with Gasteiger partial charge in [-0.05, 0) is 41.8 Å². The van der Waals surface area contributed by atoms with Crippen LogP contribution in [0, 0.1) is 5.82 Å². The summed E-state index contributed by atoms with van der Waals surface area (Å²) >= 11 is 0. The number of carbonyl (C=O) groups is 3. The van der Waals surface area contributed by atoms with Crippen molar-refractivity contribution in [1.29, 1.82) is 0 Å². The topological polar surface area (TPSA) is 118 Å². The molecule has 2 aromatic carbocycles. The van der Waals surface area contributed by atoms with Crippen molar-refractivity contribution < 1.29 is 33.4 Å². The normalized spacial score (nSPS) is 13.9. The van der Waals surface area contributed by atoms with Crippen LogP contribution in [0.1, 0.15) is 51.6 Å². The monoisotopic (exact) mass is 523 g/mol. The van der Waals surface area contributed by atoms with Gasteiger partial charge in [-0.25, -0.2) is 9.18 Å². The minimum absolute atomic E-state index is 0.0315. The zero-order valence-electron chi connectivity index (χ0n) is 21.3. The van der Waals surface area contributed by atoms with E-state index in [1.165, 1.54) is 32.2 Å². The standard InChI is InChI=1S/C28H30FN3O6/c1-17(33)32-10-7-21(8-11-32)38-28(36)24-15-23(27(35)30-9-12-37-2)22-14-19(16-31-25(22)26(24)34)13-18-3-5-20(29)6-4-18/h3-6,14-16,21,34H,7-13H2,1-2H3,(H,30,35). The average molecular weight is 524 g/mol. The number of aromatic nitrogens is 1. The summed E-state index contributed by atoms with van der Waals surface area (Å²) in [7, 11) is 1.52. The number of ether oxygens (including phenoxy) is 2. The fourth-order valence-electron chi connectivity index (χ4n) is 4.46. The van der Waals surface area contributed by atoms with Gasteiger partial charge in [0.2, 0.25) is 5.91 Å². The Kier molecular flexibility index (Phi) is 8.52. The van der Waals surface area contributed by atoms with E-state index in [9.17, 15) is 23.9 Å². The molecule has 0 bridgehead atoms. The second kappa shape index (κ2) is 12.0. The molecule has 38 heavy (non-hydrogen) atoms. The first-order chi connectivity index (χ1) is 18.3. The lowest BCUT2D eigenvalue weighted by atomic mass is 9.98. The quantitative estimate of drug-likeness (QED) is 0.344. The van der Waals surface area contributed by atoms with Gasteiger partial charge in [-0.2, -0.15) is 0 Å². The minimum Gasteiger partial charge on any atom is -0.505 e. The molecule has 200 valence electrons. The van der Waals surface area contributed by atoms with E-state index >= 15 is 0 Å². The SMILES string of the molecule is COCCNC(=O)c1cc(C(=O)OC2CCN(C(C)=O)CC2)c(O)c2ncc(Cc3ccc(F)cc3)cc12. The van der Waals surface area contributed by atoms with Gasteiger partial charge in [0.05, 0.1) is 6.61 Å². The molecule has 1 saturated heterocycles. The number of methoxy groups -OCH3 is 1. The molecular formula is C28H30FN3O6. The number of fused-ring (bicyclic) bond motifs is 1. The van der Waals surface area contributed by atoms with Crippen LogP contribution in [-0.2, 0) is 20.7 Å². The number of nitrogens with zero attached hydrogens (tertiary/aromatic N) is 2. The molecule has 9 nitrogen and oxygen atoms in total. The van der Waals surface area contributed by atoms with E-state index in [-0.39, 0.29) is 40.7 Å². The molecule has 1 aliphatic heterocycles. The lowest BCUT2D eigenvalue weighted by Gasteiger charge is -2.31. The van der Waals surface area contributed by atoms with Crippen LogP contribution in [0.5, 0.6) is 5.75 Å². The number of nitrogens with one attached hydrogen (secondary N) is 1. The van der Waals surface area contributed by atoms with Crippen molar-refractivity contribution >= 4 is 28.7 Å². The molecule has 0 radical (unpaired) electrons. The summed E-state index contributed by atoms with van der Waals surface area (Å²) in [4.78, 5) is 43.8. The molecule has 2 N–H and O–H groups in total. The van der Waals surface area contributed by atoms with Crippen LogP contribution < -0.4 is 5.32 Å². The van der Waals surface area contributed by atoms with Crippen LogP contribution in [-0.4, -0.2) is 72.2 Å². The van der Waals surface area contributed by atoms with Crippen molar-refractivity contribution in [2.45, 2.75) is 32.3 Å². The Balaban J connectivity index is 1.65. The van der Waals surface area contributed by atoms with Crippen LogP contribution in [0.25, 0.3) is 10.9 Å². The highest BCUT2D eigenvalue weighted by atomic mass is 19.1. The molecule has 2 heterocycles. The largest absolute Gasteiger partial charge is 0.505 e. The third kappa shape index (κ3) is 6.25. The Morgan fingerprint density at radius 3 is 2.47 bits per heavy atom. The van der Waals surface area contributed by atoms with Gasteiger partial charge in [-0.15, -0.1) is 0 Å². The van der Waals surface area contributed by atoms with Crippen LogP contribution in [0.15, 0.2) is 42.6 Å². The van der Waals surface area contributed by atoms with Gasteiger partial charge in [0.1, 0.15) is 23.0 Å². The molecule has 4 rings (SSSR count). The number of pyridine rings is 1. The van der Waals surface area contributed by atoms with Gasteiger partial charge in [0.25, 0.3) is 5.91 Å². The zero-order valence-corrected chi connectivity index (χ0v) is 21.3. The molecule has 2 amide bonds. The highest BCUT2D eigenvalue weighted by molar-refractivity contribution is 6.11. The number of esters is 1. The number of benzene rings is 2. The van der Waals surface area contributed by atoms with Crippen molar-refractivity contribution in [2.24, 2.45) is 0 Å². The number of amides is 2. The van der Waals surface area contributed by atoms with Gasteiger partial charge in [-0.1, -0.05) is 12.1 Å². The summed E-state index contributed by atoms with van der Waals surface area (Å²) in [5, 5.41) is 14.1. The van der Waals surface area contributed by atoms with Crippen molar-refractivity contribution in [3.8, 4) is 5.75 Å². The van der Waals surface area contributed by atoms with E-state index in [0.29, 0.717) is 44.3 Å². The Morgan fingerprint density at radius 2 is 1.82 bits per heavy atom. The van der Waals surface area contributed by atoms with E-state index in [4.69, 9.17) is 9.47 Å². The molecule has 10 heteroatoms. The Bertz CT molecular complexity index is 1340. The lowest BCUT2D eigenvalue weighted by Crippen LogP contribution is -2.40. The summed E-state index contributed by atoms with van der Waals surface area (Å²) in [6, 6.07) is 9.10. The molecule has 0 unspecified atom stereocenters. The summed E-state index contributed by atoms with van der Waals surface area (Å²) in [6.07, 6.45) is 2.52. The zero-order chi connectivity index (χ0) is 27.2. The van der Waals surface area contributed by atoms with Crippen LogP contribution in [0.2, 0.25) is 0 Å².